The summed E-state index contributed by atoms with van der Waals surface area (Å²) in [4.78, 5) is 13.3. The summed E-state index contributed by atoms with van der Waals surface area (Å²) in [5, 5.41) is 0. The molecule has 0 unspecified atom stereocenters. The molecule has 1 rings (SSSR count). The minimum Gasteiger partial charge on any atom is -0.379 e. The molecule has 0 aromatic carbocycles. The van der Waals surface area contributed by atoms with Crippen molar-refractivity contribution < 1.29 is 14.3 Å². The molecule has 0 bridgehead atoms. The lowest BCUT2D eigenvalue weighted by atomic mass is 10.3. The average Bonchev–Trinajstić information content (AvgIpc) is 2.64. The summed E-state index contributed by atoms with van der Waals surface area (Å²) in [5.41, 5.74) is 5.70. The van der Waals surface area contributed by atoms with Crippen LogP contribution in [0.4, 0.5) is 0 Å². The molecule has 0 aliphatic carbocycles. The van der Waals surface area contributed by atoms with Gasteiger partial charge in [0.15, 0.2) is 0 Å². The number of hydrogen-bond acceptors (Lipinski definition) is 4. The molecular formula is C10H21ClN2O3. The maximum absolute atomic E-state index is 11.5. The van der Waals surface area contributed by atoms with Crippen molar-refractivity contribution in [1.29, 1.82) is 0 Å². The van der Waals surface area contributed by atoms with Crippen LogP contribution in [0.1, 0.15) is 13.3 Å². The normalized spacial score (nSPS) is 19.6. The molecule has 0 radical (unpaired) electrons. The third-order valence-electron chi connectivity index (χ3n) is 2.38. The summed E-state index contributed by atoms with van der Waals surface area (Å²) in [6.45, 7) is 5.18. The Morgan fingerprint density at radius 1 is 1.44 bits per heavy atom. The summed E-state index contributed by atoms with van der Waals surface area (Å²) < 4.78 is 10.3. The van der Waals surface area contributed by atoms with Crippen molar-refractivity contribution >= 4 is 18.3 Å². The molecule has 1 heterocycles. The molecule has 1 fully saturated rings. The fourth-order valence-electron chi connectivity index (χ4n) is 1.53. The average molecular weight is 253 g/mol. The van der Waals surface area contributed by atoms with Crippen LogP contribution in [0, 0.1) is 0 Å². The Hall–Kier alpha value is -0.360. The molecule has 0 aromatic heterocycles. The largest absolute Gasteiger partial charge is 0.379 e. The fraction of sp³-hybridized carbons (Fsp3) is 0.900. The van der Waals surface area contributed by atoms with Gasteiger partial charge in [-0.3, -0.25) is 4.79 Å². The standard InChI is InChI=1S/C10H20N2O3.ClH/c1-2-14-5-6-15-8-10(13)12-4-3-9(11)7-12;/h9H,2-8,11H2,1H3;1H/t9-;/m1./s1. The van der Waals surface area contributed by atoms with E-state index in [-0.39, 0.29) is 31.0 Å². The van der Waals surface area contributed by atoms with Crippen molar-refractivity contribution in [2.24, 2.45) is 5.73 Å². The van der Waals surface area contributed by atoms with Gasteiger partial charge in [-0.1, -0.05) is 0 Å². The van der Waals surface area contributed by atoms with Crippen LogP contribution in [0.15, 0.2) is 0 Å². The highest BCUT2D eigenvalue weighted by atomic mass is 35.5. The predicted octanol–water partition coefficient (Wildman–Crippen LogP) is 0.0209. The van der Waals surface area contributed by atoms with E-state index in [4.69, 9.17) is 15.2 Å². The Bertz CT molecular complexity index is 205. The van der Waals surface area contributed by atoms with Gasteiger partial charge in [-0.05, 0) is 13.3 Å². The summed E-state index contributed by atoms with van der Waals surface area (Å²) in [7, 11) is 0. The van der Waals surface area contributed by atoms with Crippen molar-refractivity contribution in [2.75, 3.05) is 39.5 Å². The second kappa shape index (κ2) is 8.75. The van der Waals surface area contributed by atoms with Gasteiger partial charge >= 0.3 is 0 Å². The lowest BCUT2D eigenvalue weighted by molar-refractivity contribution is -0.135. The van der Waals surface area contributed by atoms with Gasteiger partial charge in [0, 0.05) is 25.7 Å². The van der Waals surface area contributed by atoms with E-state index < -0.39 is 0 Å². The number of carbonyl (C=O) groups is 1. The van der Waals surface area contributed by atoms with Crippen LogP contribution in [-0.4, -0.2) is 56.4 Å². The minimum atomic E-state index is 0. The minimum absolute atomic E-state index is 0. The highest BCUT2D eigenvalue weighted by molar-refractivity contribution is 5.85. The van der Waals surface area contributed by atoms with Crippen molar-refractivity contribution in [2.45, 2.75) is 19.4 Å². The van der Waals surface area contributed by atoms with Crippen LogP contribution in [0.25, 0.3) is 0 Å². The zero-order valence-corrected chi connectivity index (χ0v) is 10.5. The van der Waals surface area contributed by atoms with Crippen LogP contribution in [0.2, 0.25) is 0 Å². The van der Waals surface area contributed by atoms with E-state index in [0.29, 0.717) is 26.4 Å². The highest BCUT2D eigenvalue weighted by Gasteiger charge is 2.23. The van der Waals surface area contributed by atoms with Gasteiger partial charge in [-0.25, -0.2) is 0 Å². The topological polar surface area (TPSA) is 64.8 Å². The van der Waals surface area contributed by atoms with Gasteiger partial charge in [-0.2, -0.15) is 0 Å². The van der Waals surface area contributed by atoms with Crippen molar-refractivity contribution in [3.05, 3.63) is 0 Å². The SMILES string of the molecule is CCOCCOCC(=O)N1CC[C@@H](N)C1.Cl. The number of amides is 1. The number of carbonyl (C=O) groups excluding carboxylic acids is 1. The van der Waals surface area contributed by atoms with Crippen molar-refractivity contribution in [3.63, 3.8) is 0 Å². The van der Waals surface area contributed by atoms with Crippen molar-refractivity contribution in [1.82, 2.24) is 4.90 Å². The molecule has 0 spiro atoms. The van der Waals surface area contributed by atoms with E-state index in [1.807, 2.05) is 6.92 Å². The second-order valence-electron chi connectivity index (χ2n) is 3.64. The molecule has 6 heteroatoms. The molecule has 1 saturated heterocycles. The van der Waals surface area contributed by atoms with Gasteiger partial charge in [0.25, 0.3) is 0 Å². The summed E-state index contributed by atoms with van der Waals surface area (Å²) in [5.74, 6) is 0.0273. The molecule has 96 valence electrons. The summed E-state index contributed by atoms with van der Waals surface area (Å²) >= 11 is 0. The Morgan fingerprint density at radius 2 is 2.12 bits per heavy atom. The van der Waals surface area contributed by atoms with E-state index >= 15 is 0 Å². The third-order valence-corrected chi connectivity index (χ3v) is 2.38. The van der Waals surface area contributed by atoms with Crippen molar-refractivity contribution in [3.8, 4) is 0 Å². The quantitative estimate of drug-likeness (QED) is 0.677. The molecule has 2 N–H and O–H groups in total. The third kappa shape index (κ3) is 5.65. The maximum atomic E-state index is 11.5. The molecule has 1 amide bonds. The Labute approximate surface area is 103 Å². The maximum Gasteiger partial charge on any atom is 0.248 e. The van der Waals surface area contributed by atoms with Gasteiger partial charge in [0.05, 0.1) is 13.2 Å². The number of hydrogen-bond donors (Lipinski definition) is 1. The lowest BCUT2D eigenvalue weighted by Crippen LogP contribution is -2.34. The van der Waals surface area contributed by atoms with Gasteiger partial charge in [-0.15, -0.1) is 12.4 Å². The van der Waals surface area contributed by atoms with Crippen LogP contribution >= 0.6 is 12.4 Å². The molecule has 0 saturated carbocycles. The lowest BCUT2D eigenvalue weighted by Gasteiger charge is -2.15. The number of halogens is 1. The zero-order chi connectivity index (χ0) is 11.1. The molecule has 16 heavy (non-hydrogen) atoms. The number of nitrogens with zero attached hydrogens (tertiary/aromatic N) is 1. The van der Waals surface area contributed by atoms with E-state index in [0.717, 1.165) is 13.0 Å². The molecule has 0 aromatic rings. The Morgan fingerprint density at radius 3 is 2.69 bits per heavy atom. The van der Waals surface area contributed by atoms with Crippen LogP contribution < -0.4 is 5.73 Å². The first-order chi connectivity index (χ1) is 7.24. The Kier molecular flexibility index (Phi) is 8.56. The number of nitrogens with two attached hydrogens (primary N) is 1. The number of likely N-dealkylation sites (tertiary alicyclic amines) is 1. The van der Waals surface area contributed by atoms with Gasteiger partial charge in [0.2, 0.25) is 5.91 Å². The molecule has 1 aliphatic rings. The molecule has 1 aliphatic heterocycles. The number of rotatable bonds is 6. The zero-order valence-electron chi connectivity index (χ0n) is 9.68. The Balaban J connectivity index is 0.00000225. The van der Waals surface area contributed by atoms with E-state index in [2.05, 4.69) is 0 Å². The van der Waals surface area contributed by atoms with E-state index in [9.17, 15) is 4.79 Å². The molecule has 1 atom stereocenters. The van der Waals surface area contributed by atoms with Crippen LogP contribution in [0.5, 0.6) is 0 Å². The van der Waals surface area contributed by atoms with Gasteiger partial charge < -0.3 is 20.1 Å². The first-order valence-corrected chi connectivity index (χ1v) is 5.43. The second-order valence-corrected chi connectivity index (χ2v) is 3.64. The fourth-order valence-corrected chi connectivity index (χ4v) is 1.53. The summed E-state index contributed by atoms with van der Waals surface area (Å²) in [6, 6.07) is 0.136. The summed E-state index contributed by atoms with van der Waals surface area (Å²) in [6.07, 6.45) is 0.894. The monoisotopic (exact) mass is 252 g/mol. The van der Waals surface area contributed by atoms with Crippen LogP contribution in [0.3, 0.4) is 0 Å². The highest BCUT2D eigenvalue weighted by Crippen LogP contribution is 2.06. The van der Waals surface area contributed by atoms with Crippen LogP contribution in [-0.2, 0) is 14.3 Å². The van der Waals surface area contributed by atoms with E-state index in [1.165, 1.54) is 0 Å². The van der Waals surface area contributed by atoms with Gasteiger partial charge in [0.1, 0.15) is 6.61 Å². The smallest absolute Gasteiger partial charge is 0.248 e. The van der Waals surface area contributed by atoms with E-state index in [1.54, 1.807) is 4.90 Å². The predicted molar refractivity (Wildman–Crippen MR) is 63.7 cm³/mol. The first kappa shape index (κ1) is 15.6. The number of ether oxygens (including phenoxy) is 2. The first-order valence-electron chi connectivity index (χ1n) is 5.43. The molecule has 5 nitrogen and oxygen atoms in total. The molecular weight excluding hydrogens is 232 g/mol.